The van der Waals surface area contributed by atoms with Crippen molar-refractivity contribution in [3.05, 3.63) is 23.2 Å². The van der Waals surface area contributed by atoms with Crippen molar-refractivity contribution >= 4 is 11.6 Å². The first kappa shape index (κ1) is 12.3. The van der Waals surface area contributed by atoms with Crippen LogP contribution in [-0.4, -0.2) is 65.1 Å². The van der Waals surface area contributed by atoms with Crippen molar-refractivity contribution in [2.24, 2.45) is 0 Å². The molecular weight excluding hydrogens is 250 g/mol. The van der Waals surface area contributed by atoms with Crippen molar-refractivity contribution < 1.29 is 0 Å². The quantitative estimate of drug-likeness (QED) is 0.849. The molecule has 2 aliphatic heterocycles. The average Bonchev–Trinajstić information content (AvgIpc) is 2.32. The molecule has 0 aliphatic carbocycles. The Balaban J connectivity index is 1.48. The number of hydrogen-bond acceptors (Lipinski definition) is 5. The van der Waals surface area contributed by atoms with Crippen LogP contribution in [0.5, 0.6) is 0 Å². The highest BCUT2D eigenvalue weighted by molar-refractivity contribution is 6.29. The zero-order chi connectivity index (χ0) is 12.4. The predicted molar refractivity (Wildman–Crippen MR) is 70.5 cm³/mol. The number of nitrogens with one attached hydrogen (secondary N) is 1. The number of hydrogen-bond donors (Lipinski definition) is 1. The van der Waals surface area contributed by atoms with Crippen LogP contribution >= 0.6 is 11.6 Å². The molecule has 0 amide bonds. The maximum absolute atomic E-state index is 5.73. The van der Waals surface area contributed by atoms with Gasteiger partial charge in [0.25, 0.3) is 0 Å². The Labute approximate surface area is 112 Å². The second-order valence-corrected chi connectivity index (χ2v) is 5.34. The van der Waals surface area contributed by atoms with Crippen molar-refractivity contribution in [3.8, 4) is 0 Å². The first-order chi connectivity index (χ1) is 8.81. The summed E-state index contributed by atoms with van der Waals surface area (Å²) in [5.41, 5.74) is 0.998. The van der Waals surface area contributed by atoms with Crippen LogP contribution in [0.15, 0.2) is 12.4 Å². The summed E-state index contributed by atoms with van der Waals surface area (Å²) >= 11 is 5.73. The van der Waals surface area contributed by atoms with E-state index in [-0.39, 0.29) is 0 Å². The molecule has 5 nitrogen and oxygen atoms in total. The molecule has 1 aromatic rings. The van der Waals surface area contributed by atoms with Crippen LogP contribution in [0.3, 0.4) is 0 Å². The molecule has 6 heteroatoms. The Bertz CT molecular complexity index is 384. The van der Waals surface area contributed by atoms with Crippen LogP contribution in [0.4, 0.5) is 0 Å². The van der Waals surface area contributed by atoms with Gasteiger partial charge in [0.2, 0.25) is 0 Å². The van der Waals surface area contributed by atoms with Gasteiger partial charge in [0.1, 0.15) is 5.15 Å². The second kappa shape index (κ2) is 5.48. The lowest BCUT2D eigenvalue weighted by molar-refractivity contribution is 0.0689. The molecule has 18 heavy (non-hydrogen) atoms. The minimum Gasteiger partial charge on any atom is -0.314 e. The van der Waals surface area contributed by atoms with Crippen molar-refractivity contribution in [3.63, 3.8) is 0 Å². The molecular formula is C12H18ClN5. The van der Waals surface area contributed by atoms with Gasteiger partial charge in [0.05, 0.1) is 18.1 Å². The van der Waals surface area contributed by atoms with E-state index < -0.39 is 0 Å². The van der Waals surface area contributed by atoms with Gasteiger partial charge in [-0.05, 0) is 0 Å². The lowest BCUT2D eigenvalue weighted by Crippen LogP contribution is -2.61. The molecule has 98 valence electrons. The number of rotatable bonds is 3. The smallest absolute Gasteiger partial charge is 0.147 e. The molecule has 0 spiro atoms. The Morgan fingerprint density at radius 3 is 2.50 bits per heavy atom. The maximum Gasteiger partial charge on any atom is 0.147 e. The third kappa shape index (κ3) is 2.80. The molecule has 3 rings (SSSR count). The number of halogens is 1. The fourth-order valence-electron chi connectivity index (χ4n) is 2.47. The summed E-state index contributed by atoms with van der Waals surface area (Å²) in [5, 5.41) is 3.79. The summed E-state index contributed by atoms with van der Waals surface area (Å²) in [6.45, 7) is 7.73. The van der Waals surface area contributed by atoms with E-state index in [1.807, 2.05) is 0 Å². The van der Waals surface area contributed by atoms with Gasteiger partial charge in [0.15, 0.2) is 0 Å². The zero-order valence-corrected chi connectivity index (χ0v) is 11.1. The van der Waals surface area contributed by atoms with Crippen LogP contribution in [0, 0.1) is 0 Å². The summed E-state index contributed by atoms with van der Waals surface area (Å²) < 4.78 is 0. The van der Waals surface area contributed by atoms with Crippen LogP contribution in [-0.2, 0) is 6.54 Å². The van der Waals surface area contributed by atoms with Crippen molar-refractivity contribution in [1.82, 2.24) is 25.1 Å². The zero-order valence-electron chi connectivity index (χ0n) is 10.3. The van der Waals surface area contributed by atoms with Gasteiger partial charge in [-0.2, -0.15) is 0 Å². The highest BCUT2D eigenvalue weighted by atomic mass is 35.5. The van der Waals surface area contributed by atoms with E-state index in [0.717, 1.165) is 57.5 Å². The third-order valence-electron chi connectivity index (χ3n) is 3.74. The van der Waals surface area contributed by atoms with Crippen molar-refractivity contribution in [2.45, 2.75) is 12.6 Å². The highest BCUT2D eigenvalue weighted by Crippen LogP contribution is 2.11. The first-order valence-corrected chi connectivity index (χ1v) is 6.82. The molecule has 1 N–H and O–H groups in total. The van der Waals surface area contributed by atoms with E-state index in [1.165, 1.54) is 0 Å². The lowest BCUT2D eigenvalue weighted by Gasteiger charge is -2.43. The summed E-state index contributed by atoms with van der Waals surface area (Å²) in [6.07, 6.45) is 3.39. The number of piperazine rings is 1. The van der Waals surface area contributed by atoms with Gasteiger partial charge in [0, 0.05) is 51.9 Å². The van der Waals surface area contributed by atoms with E-state index in [2.05, 4.69) is 25.1 Å². The Morgan fingerprint density at radius 2 is 1.94 bits per heavy atom. The maximum atomic E-state index is 5.73. The molecule has 0 radical (unpaired) electrons. The molecule has 1 aromatic heterocycles. The SMILES string of the molecule is Clc1cnc(CN2CCN(C3CNC3)CC2)cn1. The topological polar surface area (TPSA) is 44.3 Å². The molecule has 2 saturated heterocycles. The second-order valence-electron chi connectivity index (χ2n) is 4.95. The fraction of sp³-hybridized carbons (Fsp3) is 0.667. The molecule has 0 saturated carbocycles. The molecule has 0 aromatic carbocycles. The largest absolute Gasteiger partial charge is 0.314 e. The molecule has 0 bridgehead atoms. The van der Waals surface area contributed by atoms with Crippen molar-refractivity contribution in [1.29, 1.82) is 0 Å². The fourth-order valence-corrected chi connectivity index (χ4v) is 2.57. The minimum atomic E-state index is 0.459. The molecule has 0 unspecified atom stereocenters. The molecule has 0 atom stereocenters. The van der Waals surface area contributed by atoms with Crippen LogP contribution < -0.4 is 5.32 Å². The standard InChI is InChI=1S/C12H18ClN5/c13-12-8-15-10(5-16-12)9-17-1-3-18(4-2-17)11-6-14-7-11/h5,8,11,14H,1-4,6-7,9H2. The Hall–Kier alpha value is -0.750. The van der Waals surface area contributed by atoms with Crippen molar-refractivity contribution in [2.75, 3.05) is 39.3 Å². The Kier molecular flexibility index (Phi) is 3.75. The monoisotopic (exact) mass is 267 g/mol. The molecule has 2 fully saturated rings. The highest BCUT2D eigenvalue weighted by Gasteiger charge is 2.27. The van der Waals surface area contributed by atoms with Crippen LogP contribution in [0.1, 0.15) is 5.69 Å². The van der Waals surface area contributed by atoms with Gasteiger partial charge in [-0.3, -0.25) is 14.8 Å². The number of nitrogens with zero attached hydrogens (tertiary/aromatic N) is 4. The molecule has 2 aliphatic rings. The summed E-state index contributed by atoms with van der Waals surface area (Å²) in [6, 6.07) is 0.766. The van der Waals surface area contributed by atoms with E-state index in [4.69, 9.17) is 11.6 Å². The summed E-state index contributed by atoms with van der Waals surface area (Å²) in [7, 11) is 0. The first-order valence-electron chi connectivity index (χ1n) is 6.45. The summed E-state index contributed by atoms with van der Waals surface area (Å²) in [5.74, 6) is 0. The van der Waals surface area contributed by atoms with E-state index in [1.54, 1.807) is 12.4 Å². The predicted octanol–water partition coefficient (Wildman–Crippen LogP) is 0.219. The van der Waals surface area contributed by atoms with Gasteiger partial charge in [-0.15, -0.1) is 0 Å². The van der Waals surface area contributed by atoms with E-state index >= 15 is 0 Å². The van der Waals surface area contributed by atoms with Gasteiger partial charge < -0.3 is 5.32 Å². The van der Waals surface area contributed by atoms with Gasteiger partial charge in [-0.25, -0.2) is 4.98 Å². The van der Waals surface area contributed by atoms with E-state index in [0.29, 0.717) is 5.15 Å². The van der Waals surface area contributed by atoms with Crippen LogP contribution in [0.25, 0.3) is 0 Å². The average molecular weight is 268 g/mol. The number of aromatic nitrogens is 2. The normalized spacial score (nSPS) is 22.9. The van der Waals surface area contributed by atoms with Gasteiger partial charge >= 0.3 is 0 Å². The van der Waals surface area contributed by atoms with E-state index in [9.17, 15) is 0 Å². The molecule has 3 heterocycles. The third-order valence-corrected chi connectivity index (χ3v) is 3.94. The Morgan fingerprint density at radius 1 is 1.17 bits per heavy atom. The lowest BCUT2D eigenvalue weighted by atomic mass is 10.1. The minimum absolute atomic E-state index is 0.459. The summed E-state index contributed by atoms with van der Waals surface area (Å²) in [4.78, 5) is 13.4. The van der Waals surface area contributed by atoms with Crippen LogP contribution in [0.2, 0.25) is 5.15 Å². The van der Waals surface area contributed by atoms with Gasteiger partial charge in [-0.1, -0.05) is 11.6 Å².